The summed E-state index contributed by atoms with van der Waals surface area (Å²) < 4.78 is 5.34. The average Bonchev–Trinajstić information content (AvgIpc) is 2.45. The van der Waals surface area contributed by atoms with E-state index < -0.39 is 0 Å². The van der Waals surface area contributed by atoms with E-state index in [0.717, 1.165) is 16.3 Å². The molecule has 0 atom stereocenters. The molecule has 0 unspecified atom stereocenters. The van der Waals surface area contributed by atoms with Crippen molar-refractivity contribution in [3.8, 4) is 0 Å². The molecule has 0 spiro atoms. The fourth-order valence-electron chi connectivity index (χ4n) is 2.03. The van der Waals surface area contributed by atoms with Gasteiger partial charge in [0.25, 0.3) is 5.91 Å². The zero-order valence-corrected chi connectivity index (χ0v) is 12.2. The van der Waals surface area contributed by atoms with Crippen molar-refractivity contribution >= 4 is 22.4 Å². The van der Waals surface area contributed by atoms with Crippen LogP contribution in [0.15, 0.2) is 48.6 Å². The third-order valence-electron chi connectivity index (χ3n) is 3.04. The van der Waals surface area contributed by atoms with Gasteiger partial charge in [-0.1, -0.05) is 36.4 Å². The molecule has 1 amide bonds. The fraction of sp³-hybridized carbons (Fsp3) is 0.235. The Kier molecular flexibility index (Phi) is 4.95. The number of nitrogens with two attached hydrogens (primary N) is 1. The van der Waals surface area contributed by atoms with Crippen LogP contribution in [0.5, 0.6) is 0 Å². The molecule has 0 aliphatic carbocycles. The summed E-state index contributed by atoms with van der Waals surface area (Å²) in [5.74, 6) is -0.183. The molecule has 2 rings (SSSR count). The van der Waals surface area contributed by atoms with E-state index in [1.54, 1.807) is 0 Å². The first-order valence-electron chi connectivity index (χ1n) is 6.86. The summed E-state index contributed by atoms with van der Waals surface area (Å²) >= 11 is 0. The highest BCUT2D eigenvalue weighted by atomic mass is 16.5. The SMILES string of the molecule is C=C(C)COCCNC(=O)c1cc2ccccc2cc1N. The first-order valence-corrected chi connectivity index (χ1v) is 6.86. The number of nitrogens with one attached hydrogen (secondary N) is 1. The van der Waals surface area contributed by atoms with Crippen LogP contribution in [0.2, 0.25) is 0 Å². The summed E-state index contributed by atoms with van der Waals surface area (Å²) in [6.07, 6.45) is 0. The molecule has 110 valence electrons. The van der Waals surface area contributed by atoms with Gasteiger partial charge in [0.2, 0.25) is 0 Å². The van der Waals surface area contributed by atoms with Crippen LogP contribution in [0.3, 0.4) is 0 Å². The fourth-order valence-corrected chi connectivity index (χ4v) is 2.03. The van der Waals surface area contributed by atoms with Gasteiger partial charge >= 0.3 is 0 Å². The van der Waals surface area contributed by atoms with Gasteiger partial charge in [-0.05, 0) is 29.8 Å². The molecule has 0 heterocycles. The number of hydrogen-bond donors (Lipinski definition) is 2. The minimum Gasteiger partial charge on any atom is -0.398 e. The van der Waals surface area contributed by atoms with E-state index in [-0.39, 0.29) is 5.91 Å². The minimum atomic E-state index is -0.183. The molecular formula is C17H20N2O2. The van der Waals surface area contributed by atoms with E-state index in [1.165, 1.54) is 0 Å². The first kappa shape index (κ1) is 15.1. The predicted octanol–water partition coefficient (Wildman–Crippen LogP) is 2.74. The third kappa shape index (κ3) is 4.07. The van der Waals surface area contributed by atoms with Crippen molar-refractivity contribution < 1.29 is 9.53 Å². The van der Waals surface area contributed by atoms with Gasteiger partial charge in [-0.25, -0.2) is 0 Å². The summed E-state index contributed by atoms with van der Waals surface area (Å²) in [5, 5.41) is 4.82. The van der Waals surface area contributed by atoms with Crippen LogP contribution < -0.4 is 11.1 Å². The van der Waals surface area contributed by atoms with Crippen molar-refractivity contribution in [2.75, 3.05) is 25.5 Å². The molecule has 0 aliphatic rings. The van der Waals surface area contributed by atoms with Gasteiger partial charge in [-0.15, -0.1) is 0 Å². The van der Waals surface area contributed by atoms with Gasteiger partial charge in [0.15, 0.2) is 0 Å². The van der Waals surface area contributed by atoms with E-state index in [4.69, 9.17) is 10.5 Å². The average molecular weight is 284 g/mol. The Bertz CT molecular complexity index is 665. The molecule has 0 bridgehead atoms. The summed E-state index contributed by atoms with van der Waals surface area (Å²) in [4.78, 5) is 12.1. The Labute approximate surface area is 124 Å². The Morgan fingerprint density at radius 1 is 1.29 bits per heavy atom. The molecule has 4 heteroatoms. The highest BCUT2D eigenvalue weighted by molar-refractivity contribution is 6.03. The second-order valence-corrected chi connectivity index (χ2v) is 5.05. The standard InChI is InChI=1S/C17H20N2O2/c1-12(2)11-21-8-7-19-17(20)15-9-13-5-3-4-6-14(13)10-16(15)18/h3-6,9-10H,1,7-8,11,18H2,2H3,(H,19,20). The Hall–Kier alpha value is -2.33. The molecule has 2 aromatic rings. The molecule has 2 aromatic carbocycles. The molecule has 4 nitrogen and oxygen atoms in total. The van der Waals surface area contributed by atoms with Crippen LogP contribution in [0.1, 0.15) is 17.3 Å². The van der Waals surface area contributed by atoms with Gasteiger partial charge in [-0.3, -0.25) is 4.79 Å². The highest BCUT2D eigenvalue weighted by Crippen LogP contribution is 2.21. The lowest BCUT2D eigenvalue weighted by Gasteiger charge is -2.09. The van der Waals surface area contributed by atoms with Gasteiger partial charge in [0.1, 0.15) is 0 Å². The molecule has 0 saturated heterocycles. The number of benzene rings is 2. The zero-order chi connectivity index (χ0) is 15.2. The lowest BCUT2D eigenvalue weighted by Crippen LogP contribution is -2.28. The lowest BCUT2D eigenvalue weighted by atomic mass is 10.0. The minimum absolute atomic E-state index is 0.183. The largest absolute Gasteiger partial charge is 0.398 e. The van der Waals surface area contributed by atoms with Crippen LogP contribution in [-0.4, -0.2) is 25.7 Å². The number of carbonyl (C=O) groups is 1. The smallest absolute Gasteiger partial charge is 0.253 e. The van der Waals surface area contributed by atoms with Crippen molar-refractivity contribution in [3.05, 3.63) is 54.1 Å². The van der Waals surface area contributed by atoms with Crippen LogP contribution in [0, 0.1) is 0 Å². The van der Waals surface area contributed by atoms with Gasteiger partial charge < -0.3 is 15.8 Å². The molecule has 0 aliphatic heterocycles. The molecule has 21 heavy (non-hydrogen) atoms. The topological polar surface area (TPSA) is 64.3 Å². The normalized spacial score (nSPS) is 10.5. The van der Waals surface area contributed by atoms with E-state index in [2.05, 4.69) is 11.9 Å². The molecule has 0 radical (unpaired) electrons. The van der Waals surface area contributed by atoms with Crippen molar-refractivity contribution in [2.45, 2.75) is 6.92 Å². The second kappa shape index (κ2) is 6.90. The molecule has 0 saturated carbocycles. The zero-order valence-electron chi connectivity index (χ0n) is 12.2. The summed E-state index contributed by atoms with van der Waals surface area (Å²) in [7, 11) is 0. The number of hydrogen-bond acceptors (Lipinski definition) is 3. The molecule has 0 aromatic heterocycles. The Morgan fingerprint density at radius 3 is 2.62 bits per heavy atom. The monoisotopic (exact) mass is 284 g/mol. The number of anilines is 1. The molecule has 3 N–H and O–H groups in total. The summed E-state index contributed by atoms with van der Waals surface area (Å²) in [6.45, 7) is 7.05. The number of fused-ring (bicyclic) bond motifs is 1. The Morgan fingerprint density at radius 2 is 1.95 bits per heavy atom. The van der Waals surface area contributed by atoms with E-state index in [1.807, 2.05) is 43.3 Å². The van der Waals surface area contributed by atoms with E-state index >= 15 is 0 Å². The third-order valence-corrected chi connectivity index (χ3v) is 3.04. The quantitative estimate of drug-likeness (QED) is 0.487. The van der Waals surface area contributed by atoms with E-state index in [9.17, 15) is 4.79 Å². The number of nitrogen functional groups attached to an aromatic ring is 1. The molecule has 0 fully saturated rings. The van der Waals surface area contributed by atoms with Crippen LogP contribution >= 0.6 is 0 Å². The van der Waals surface area contributed by atoms with Crippen LogP contribution in [-0.2, 0) is 4.74 Å². The number of carbonyl (C=O) groups excluding carboxylic acids is 1. The van der Waals surface area contributed by atoms with Gasteiger partial charge in [0, 0.05) is 12.2 Å². The maximum Gasteiger partial charge on any atom is 0.253 e. The first-order chi connectivity index (χ1) is 10.1. The summed E-state index contributed by atoms with van der Waals surface area (Å²) in [5.41, 5.74) is 7.89. The van der Waals surface area contributed by atoms with Crippen LogP contribution in [0.4, 0.5) is 5.69 Å². The van der Waals surface area contributed by atoms with E-state index in [0.29, 0.717) is 31.0 Å². The number of rotatable bonds is 6. The van der Waals surface area contributed by atoms with Crippen LogP contribution in [0.25, 0.3) is 10.8 Å². The lowest BCUT2D eigenvalue weighted by molar-refractivity contribution is 0.0928. The molecular weight excluding hydrogens is 264 g/mol. The predicted molar refractivity (Wildman–Crippen MR) is 86.3 cm³/mol. The highest BCUT2D eigenvalue weighted by Gasteiger charge is 2.10. The van der Waals surface area contributed by atoms with Crippen molar-refractivity contribution in [1.82, 2.24) is 5.32 Å². The van der Waals surface area contributed by atoms with Gasteiger partial charge in [-0.2, -0.15) is 0 Å². The van der Waals surface area contributed by atoms with Crippen molar-refractivity contribution in [2.24, 2.45) is 0 Å². The van der Waals surface area contributed by atoms with Gasteiger partial charge in [0.05, 0.1) is 18.8 Å². The summed E-state index contributed by atoms with van der Waals surface area (Å²) in [6, 6.07) is 11.4. The maximum atomic E-state index is 12.1. The number of ether oxygens (including phenoxy) is 1. The van der Waals surface area contributed by atoms with Crippen molar-refractivity contribution in [3.63, 3.8) is 0 Å². The Balaban J connectivity index is 1.99. The number of amides is 1. The van der Waals surface area contributed by atoms with Crippen molar-refractivity contribution in [1.29, 1.82) is 0 Å². The second-order valence-electron chi connectivity index (χ2n) is 5.05. The maximum absolute atomic E-state index is 12.1.